The number of phenolic OH excluding ortho intramolecular Hbond substituents is 1. The summed E-state index contributed by atoms with van der Waals surface area (Å²) in [4.78, 5) is 14.2. The van der Waals surface area contributed by atoms with Crippen LogP contribution in [0.25, 0.3) is 0 Å². The topological polar surface area (TPSA) is 75.7 Å². The lowest BCUT2D eigenvalue weighted by atomic mass is 10.2. The van der Waals surface area contributed by atoms with E-state index >= 15 is 0 Å². The number of phenols is 1. The summed E-state index contributed by atoms with van der Waals surface area (Å²) >= 11 is 2.19. The molecule has 96 valence electrons. The van der Waals surface area contributed by atoms with Crippen molar-refractivity contribution in [1.82, 2.24) is 0 Å². The van der Waals surface area contributed by atoms with E-state index in [4.69, 9.17) is 0 Å². The molecule has 0 radical (unpaired) electrons. The van der Waals surface area contributed by atoms with Crippen molar-refractivity contribution in [3.63, 3.8) is 0 Å². The van der Waals surface area contributed by atoms with Crippen LogP contribution < -0.4 is 0 Å². The van der Waals surface area contributed by atoms with E-state index in [0.717, 1.165) is 3.57 Å². The molecule has 2 rings (SSSR count). The first-order valence-electron chi connectivity index (χ1n) is 5.34. The smallest absolute Gasteiger partial charge is 0.311 e. The minimum absolute atomic E-state index is 0.313. The van der Waals surface area contributed by atoms with Gasteiger partial charge in [-0.05, 0) is 52.9 Å². The Hall–Kier alpha value is -1.96. The molecule has 0 amide bonds. The highest BCUT2D eigenvalue weighted by Gasteiger charge is 2.14. The van der Waals surface area contributed by atoms with Gasteiger partial charge in [-0.1, -0.05) is 6.07 Å². The van der Waals surface area contributed by atoms with Gasteiger partial charge in [0.2, 0.25) is 5.75 Å². The molecule has 0 saturated carbocycles. The number of hydrogen-bond acceptors (Lipinski definition) is 4. The summed E-state index contributed by atoms with van der Waals surface area (Å²) in [5.41, 5.74) is 0.700. The zero-order valence-electron chi connectivity index (χ0n) is 9.65. The zero-order valence-corrected chi connectivity index (χ0v) is 11.8. The molecule has 5 nitrogen and oxygen atoms in total. The van der Waals surface area contributed by atoms with E-state index in [1.54, 1.807) is 6.07 Å². The van der Waals surface area contributed by atoms with Gasteiger partial charge in [0.15, 0.2) is 0 Å². The summed E-state index contributed by atoms with van der Waals surface area (Å²) in [7, 11) is 0. The number of para-hydroxylation sites is 1. The van der Waals surface area contributed by atoms with Gasteiger partial charge in [0.1, 0.15) is 0 Å². The molecular formula is C13H9IN2O3. The second kappa shape index (κ2) is 5.79. The van der Waals surface area contributed by atoms with Gasteiger partial charge in [0.25, 0.3) is 0 Å². The normalized spacial score (nSPS) is 10.8. The van der Waals surface area contributed by atoms with Crippen molar-refractivity contribution < 1.29 is 10.0 Å². The SMILES string of the molecule is O=[N+]([O-])c1cccc(C=Nc2ccc(I)cc2)c1O. The lowest BCUT2D eigenvalue weighted by Crippen LogP contribution is -1.91. The number of nitro groups is 1. The first-order valence-corrected chi connectivity index (χ1v) is 6.42. The fraction of sp³-hybridized carbons (Fsp3) is 0. The highest BCUT2D eigenvalue weighted by molar-refractivity contribution is 14.1. The number of halogens is 1. The Morgan fingerprint density at radius 1 is 1.21 bits per heavy atom. The Bertz CT molecular complexity index is 639. The average Bonchev–Trinajstić information content (AvgIpc) is 2.39. The van der Waals surface area contributed by atoms with Crippen LogP contribution in [0, 0.1) is 13.7 Å². The van der Waals surface area contributed by atoms with Gasteiger partial charge in [-0.2, -0.15) is 0 Å². The summed E-state index contributed by atoms with van der Waals surface area (Å²) in [6.45, 7) is 0. The maximum atomic E-state index is 10.7. The van der Waals surface area contributed by atoms with Gasteiger partial charge < -0.3 is 5.11 Å². The molecule has 0 aliphatic carbocycles. The Kier molecular flexibility index (Phi) is 4.10. The van der Waals surface area contributed by atoms with Crippen molar-refractivity contribution >= 4 is 40.2 Å². The standard InChI is InChI=1S/C13H9IN2O3/c14-10-4-6-11(7-5-10)15-8-9-2-1-3-12(13(9)17)16(18)19/h1-8,17H. The molecule has 2 aromatic rings. The second-order valence-corrected chi connectivity index (χ2v) is 4.95. The van der Waals surface area contributed by atoms with E-state index in [9.17, 15) is 15.2 Å². The zero-order chi connectivity index (χ0) is 13.8. The number of nitro benzene ring substituents is 1. The van der Waals surface area contributed by atoms with Gasteiger partial charge in [-0.15, -0.1) is 0 Å². The quantitative estimate of drug-likeness (QED) is 0.389. The molecule has 0 aliphatic rings. The van der Waals surface area contributed by atoms with Crippen LogP contribution in [0.15, 0.2) is 47.5 Å². The molecular weight excluding hydrogens is 359 g/mol. The molecule has 1 N–H and O–H groups in total. The summed E-state index contributed by atoms with van der Waals surface area (Å²) in [6, 6.07) is 11.8. The summed E-state index contributed by atoms with van der Waals surface area (Å²) < 4.78 is 1.09. The Morgan fingerprint density at radius 3 is 2.53 bits per heavy atom. The van der Waals surface area contributed by atoms with Gasteiger partial charge >= 0.3 is 5.69 Å². The van der Waals surface area contributed by atoms with Crippen LogP contribution in [0.2, 0.25) is 0 Å². The third-order valence-corrected chi connectivity index (χ3v) is 3.14. The third-order valence-electron chi connectivity index (χ3n) is 2.42. The van der Waals surface area contributed by atoms with Crippen molar-refractivity contribution in [2.24, 2.45) is 4.99 Å². The maximum absolute atomic E-state index is 10.7. The molecule has 0 aromatic heterocycles. The summed E-state index contributed by atoms with van der Waals surface area (Å²) in [5, 5.41) is 20.4. The van der Waals surface area contributed by atoms with Crippen LogP contribution >= 0.6 is 22.6 Å². The van der Waals surface area contributed by atoms with Gasteiger partial charge in [-0.3, -0.25) is 15.1 Å². The van der Waals surface area contributed by atoms with Gasteiger partial charge in [0, 0.05) is 21.4 Å². The number of aliphatic imine (C=N–C) groups is 1. The van der Waals surface area contributed by atoms with Crippen molar-refractivity contribution in [1.29, 1.82) is 0 Å². The Labute approximate surface area is 122 Å². The fourth-order valence-electron chi connectivity index (χ4n) is 1.47. The predicted molar refractivity (Wildman–Crippen MR) is 81.2 cm³/mol. The highest BCUT2D eigenvalue weighted by Crippen LogP contribution is 2.28. The number of hydrogen-bond donors (Lipinski definition) is 1. The lowest BCUT2D eigenvalue weighted by molar-refractivity contribution is -0.385. The highest BCUT2D eigenvalue weighted by atomic mass is 127. The van der Waals surface area contributed by atoms with Gasteiger partial charge in [0.05, 0.1) is 10.6 Å². The molecule has 0 fully saturated rings. The van der Waals surface area contributed by atoms with E-state index in [-0.39, 0.29) is 11.4 Å². The fourth-order valence-corrected chi connectivity index (χ4v) is 1.83. The molecule has 0 saturated heterocycles. The first kappa shape index (κ1) is 13.5. The van der Waals surface area contributed by atoms with Crippen LogP contribution in [0.3, 0.4) is 0 Å². The minimum Gasteiger partial charge on any atom is -0.502 e. The average molecular weight is 368 g/mol. The molecule has 2 aromatic carbocycles. The molecule has 0 unspecified atom stereocenters. The molecule has 0 spiro atoms. The van der Waals surface area contributed by atoms with Crippen molar-refractivity contribution in [3.05, 3.63) is 61.7 Å². The summed E-state index contributed by atoms with van der Waals surface area (Å²) in [5.74, 6) is -0.373. The second-order valence-electron chi connectivity index (χ2n) is 3.71. The van der Waals surface area contributed by atoms with Crippen molar-refractivity contribution in [2.45, 2.75) is 0 Å². The molecule has 0 bridgehead atoms. The molecule has 0 heterocycles. The molecule has 0 aliphatic heterocycles. The first-order chi connectivity index (χ1) is 9.08. The predicted octanol–water partition coefficient (Wildman–Crippen LogP) is 3.66. The Morgan fingerprint density at radius 2 is 1.89 bits per heavy atom. The van der Waals surface area contributed by atoms with Crippen molar-refractivity contribution in [3.8, 4) is 5.75 Å². The molecule has 19 heavy (non-hydrogen) atoms. The number of aromatic hydroxyl groups is 1. The minimum atomic E-state index is -0.627. The number of benzene rings is 2. The monoisotopic (exact) mass is 368 g/mol. The van der Waals surface area contributed by atoms with Crippen molar-refractivity contribution in [2.75, 3.05) is 0 Å². The van der Waals surface area contributed by atoms with Crippen LogP contribution in [0.5, 0.6) is 5.75 Å². The Balaban J connectivity index is 2.31. The molecule has 6 heteroatoms. The molecule has 0 atom stereocenters. The number of rotatable bonds is 3. The summed E-state index contributed by atoms with van der Waals surface area (Å²) in [6.07, 6.45) is 1.41. The van der Waals surface area contributed by atoms with Crippen LogP contribution in [0.1, 0.15) is 5.56 Å². The van der Waals surface area contributed by atoms with Crippen LogP contribution in [0.4, 0.5) is 11.4 Å². The van der Waals surface area contributed by atoms with E-state index in [1.165, 1.54) is 18.3 Å². The van der Waals surface area contributed by atoms with Crippen LogP contribution in [-0.2, 0) is 0 Å². The van der Waals surface area contributed by atoms with E-state index < -0.39 is 4.92 Å². The number of nitrogens with zero attached hydrogens (tertiary/aromatic N) is 2. The van der Waals surface area contributed by atoms with E-state index in [1.807, 2.05) is 24.3 Å². The lowest BCUT2D eigenvalue weighted by Gasteiger charge is -1.99. The van der Waals surface area contributed by atoms with E-state index in [2.05, 4.69) is 27.6 Å². The van der Waals surface area contributed by atoms with Gasteiger partial charge in [-0.25, -0.2) is 0 Å². The maximum Gasteiger partial charge on any atom is 0.311 e. The van der Waals surface area contributed by atoms with E-state index in [0.29, 0.717) is 11.3 Å². The largest absolute Gasteiger partial charge is 0.502 e. The van der Waals surface area contributed by atoms with Crippen LogP contribution in [-0.4, -0.2) is 16.2 Å². The third kappa shape index (κ3) is 3.28.